The predicted octanol–water partition coefficient (Wildman–Crippen LogP) is 6.31. The monoisotopic (exact) mass is 366 g/mol. The van der Waals surface area contributed by atoms with Crippen LogP contribution in [0.2, 0.25) is 0 Å². The Morgan fingerprint density at radius 2 is 0.846 bits per heavy atom. The Hall–Kier alpha value is -0.0800. The van der Waals surface area contributed by atoms with Crippen molar-refractivity contribution in [3.8, 4) is 0 Å². The predicted molar refractivity (Wildman–Crippen MR) is 118 cm³/mol. The van der Waals surface area contributed by atoms with E-state index >= 15 is 0 Å². The van der Waals surface area contributed by atoms with Gasteiger partial charge in [0.1, 0.15) is 0 Å². The molecule has 2 rings (SSSR count). The van der Waals surface area contributed by atoms with Crippen molar-refractivity contribution in [1.29, 1.82) is 0 Å². The van der Waals surface area contributed by atoms with Gasteiger partial charge in [-0.25, -0.2) is 0 Å². The molecule has 0 atom stereocenters. The second-order valence-corrected chi connectivity index (χ2v) is 12.9. The van der Waals surface area contributed by atoms with E-state index in [4.69, 9.17) is 0 Å². The quantitative estimate of drug-likeness (QED) is 0.496. The van der Waals surface area contributed by atoms with Gasteiger partial charge in [-0.05, 0) is 90.1 Å². The van der Waals surface area contributed by atoms with Crippen LogP contribution in [0.5, 0.6) is 0 Å². The Kier molecular flexibility index (Phi) is 7.48. The van der Waals surface area contributed by atoms with Crippen molar-refractivity contribution in [3.63, 3.8) is 0 Å². The van der Waals surface area contributed by atoms with E-state index in [9.17, 15) is 0 Å². The minimum absolute atomic E-state index is 0.364. The Labute approximate surface area is 166 Å². The fraction of sp³-hybridized carbons (Fsp3) is 1.00. The van der Waals surface area contributed by atoms with E-state index in [2.05, 4.69) is 92.9 Å². The molecular weight excluding hydrogens is 316 g/mol. The number of hydrogen-bond donors (Lipinski definition) is 0. The van der Waals surface area contributed by atoms with Gasteiger partial charge >= 0.3 is 0 Å². The number of likely N-dealkylation sites (tertiary alicyclic amines) is 2. The van der Waals surface area contributed by atoms with Gasteiger partial charge < -0.3 is 0 Å². The van der Waals surface area contributed by atoms with Gasteiger partial charge in [0.05, 0.1) is 0 Å². The number of rotatable bonds is 0. The molecule has 2 heterocycles. The molecule has 0 radical (unpaired) electrons. The molecule has 26 heavy (non-hydrogen) atoms. The molecule has 0 bridgehead atoms. The smallest absolute Gasteiger partial charge is 0.0125 e. The zero-order valence-corrected chi connectivity index (χ0v) is 20.3. The lowest BCUT2D eigenvalue weighted by molar-refractivity contribution is -0.0345. The summed E-state index contributed by atoms with van der Waals surface area (Å²) < 4.78 is 0. The third kappa shape index (κ3) is 7.15. The van der Waals surface area contributed by atoms with Crippen molar-refractivity contribution in [1.82, 2.24) is 9.80 Å². The Bertz CT molecular complexity index is 371. The van der Waals surface area contributed by atoms with E-state index < -0.39 is 0 Å². The first kappa shape index (κ1) is 24.0. The SMILES string of the molecule is CC(C)(C)C1CCN(C(C)(C)C)CC1.CC(C)(C)C1CN(C(C)(C)C)C1. The summed E-state index contributed by atoms with van der Waals surface area (Å²) in [5.74, 6) is 1.82. The van der Waals surface area contributed by atoms with Gasteiger partial charge in [0.25, 0.3) is 0 Å². The maximum Gasteiger partial charge on any atom is 0.0125 e. The maximum absolute atomic E-state index is 2.62. The third-order valence-electron chi connectivity index (χ3n) is 6.72. The summed E-state index contributed by atoms with van der Waals surface area (Å²) in [4.78, 5) is 5.18. The molecule has 0 aromatic carbocycles. The Morgan fingerprint density at radius 1 is 0.500 bits per heavy atom. The lowest BCUT2D eigenvalue weighted by atomic mass is 9.74. The summed E-state index contributed by atoms with van der Waals surface area (Å²) in [7, 11) is 0. The summed E-state index contributed by atoms with van der Waals surface area (Å²) in [5, 5.41) is 0. The zero-order valence-electron chi connectivity index (χ0n) is 20.3. The summed E-state index contributed by atoms with van der Waals surface area (Å²) in [6.07, 6.45) is 2.75. The molecule has 2 saturated heterocycles. The number of hydrogen-bond acceptors (Lipinski definition) is 2. The first-order valence-corrected chi connectivity index (χ1v) is 10.9. The molecule has 0 N–H and O–H groups in total. The van der Waals surface area contributed by atoms with Gasteiger partial charge in [0, 0.05) is 24.2 Å². The van der Waals surface area contributed by atoms with Crippen LogP contribution in [-0.2, 0) is 0 Å². The van der Waals surface area contributed by atoms with Gasteiger partial charge in [-0.15, -0.1) is 0 Å². The van der Waals surface area contributed by atoms with Gasteiger partial charge in [-0.3, -0.25) is 9.80 Å². The topological polar surface area (TPSA) is 6.48 Å². The minimum atomic E-state index is 0.364. The highest BCUT2D eigenvalue weighted by Gasteiger charge is 2.40. The van der Waals surface area contributed by atoms with Crippen LogP contribution in [0.4, 0.5) is 0 Å². The van der Waals surface area contributed by atoms with E-state index in [-0.39, 0.29) is 0 Å². The standard InChI is InChI=1S/C13H27N.C11H23N/c1-12(2,3)11-7-9-14(10-8-11)13(4,5)6;1-10(2,3)9-7-12(8-9)11(4,5)6/h11H,7-10H2,1-6H3;9H,7-8H2,1-6H3. The van der Waals surface area contributed by atoms with Crippen LogP contribution in [0.25, 0.3) is 0 Å². The second kappa shape index (κ2) is 8.11. The molecule has 0 aliphatic carbocycles. The number of piperidine rings is 1. The fourth-order valence-corrected chi connectivity index (χ4v) is 3.99. The van der Waals surface area contributed by atoms with Crippen LogP contribution in [0.15, 0.2) is 0 Å². The molecule has 0 aromatic heterocycles. The van der Waals surface area contributed by atoms with Gasteiger partial charge in [-0.2, -0.15) is 0 Å². The molecule has 0 saturated carbocycles. The molecule has 2 heteroatoms. The normalized spacial score (nSPS) is 22.6. The zero-order chi connectivity index (χ0) is 20.6. The van der Waals surface area contributed by atoms with Crippen LogP contribution >= 0.6 is 0 Å². The molecule has 0 aromatic rings. The van der Waals surface area contributed by atoms with Crippen LogP contribution in [0.3, 0.4) is 0 Å². The number of nitrogens with zero attached hydrogens (tertiary/aromatic N) is 2. The minimum Gasteiger partial charge on any atom is -0.298 e. The summed E-state index contributed by atoms with van der Waals surface area (Å²) in [6, 6.07) is 0. The fourth-order valence-electron chi connectivity index (χ4n) is 3.99. The largest absolute Gasteiger partial charge is 0.298 e. The van der Waals surface area contributed by atoms with Crippen molar-refractivity contribution in [2.75, 3.05) is 26.2 Å². The first-order valence-electron chi connectivity index (χ1n) is 10.9. The molecule has 2 fully saturated rings. The lowest BCUT2D eigenvalue weighted by Crippen LogP contribution is -2.59. The highest BCUT2D eigenvalue weighted by Crippen LogP contribution is 2.37. The molecule has 2 aliphatic rings. The van der Waals surface area contributed by atoms with Crippen LogP contribution in [-0.4, -0.2) is 47.1 Å². The third-order valence-corrected chi connectivity index (χ3v) is 6.72. The highest BCUT2D eigenvalue weighted by atomic mass is 15.2. The summed E-state index contributed by atoms with van der Waals surface area (Å²) in [5.41, 5.74) is 1.75. The van der Waals surface area contributed by atoms with Crippen molar-refractivity contribution in [2.45, 2.75) is 107 Å². The lowest BCUT2D eigenvalue weighted by Gasteiger charge is -2.52. The molecule has 2 aliphatic heterocycles. The van der Waals surface area contributed by atoms with Crippen molar-refractivity contribution >= 4 is 0 Å². The van der Waals surface area contributed by atoms with Crippen LogP contribution in [0, 0.1) is 22.7 Å². The molecule has 0 amide bonds. The van der Waals surface area contributed by atoms with Gasteiger partial charge in [-0.1, -0.05) is 41.5 Å². The molecule has 0 spiro atoms. The van der Waals surface area contributed by atoms with E-state index in [1.807, 2.05) is 0 Å². The van der Waals surface area contributed by atoms with E-state index in [1.165, 1.54) is 39.0 Å². The first-order chi connectivity index (χ1) is 11.4. The van der Waals surface area contributed by atoms with Gasteiger partial charge in [0.15, 0.2) is 0 Å². The molecule has 2 nitrogen and oxygen atoms in total. The van der Waals surface area contributed by atoms with Crippen molar-refractivity contribution < 1.29 is 0 Å². The Morgan fingerprint density at radius 3 is 1.12 bits per heavy atom. The maximum atomic E-state index is 2.62. The summed E-state index contributed by atoms with van der Waals surface area (Å²) in [6.45, 7) is 33.2. The average Bonchev–Trinajstić information content (AvgIpc) is 2.32. The Balaban J connectivity index is 0.000000263. The average molecular weight is 367 g/mol. The molecule has 156 valence electrons. The van der Waals surface area contributed by atoms with Crippen LogP contribution in [0.1, 0.15) is 95.9 Å². The molecule has 0 unspecified atom stereocenters. The highest BCUT2D eigenvalue weighted by molar-refractivity contribution is 4.93. The van der Waals surface area contributed by atoms with E-state index in [0.717, 1.165) is 11.8 Å². The second-order valence-electron chi connectivity index (χ2n) is 12.9. The summed E-state index contributed by atoms with van der Waals surface area (Å²) >= 11 is 0. The van der Waals surface area contributed by atoms with Crippen molar-refractivity contribution in [3.05, 3.63) is 0 Å². The van der Waals surface area contributed by atoms with E-state index in [1.54, 1.807) is 0 Å². The van der Waals surface area contributed by atoms with Crippen molar-refractivity contribution in [2.24, 2.45) is 22.7 Å². The van der Waals surface area contributed by atoms with Crippen LogP contribution < -0.4 is 0 Å². The molecular formula is C24H50N2. The van der Waals surface area contributed by atoms with E-state index in [0.29, 0.717) is 21.9 Å². The van der Waals surface area contributed by atoms with Gasteiger partial charge in [0.2, 0.25) is 0 Å².